The van der Waals surface area contributed by atoms with Gasteiger partial charge in [0.1, 0.15) is 0 Å². The molecule has 2 nitrogen and oxygen atoms in total. The fourth-order valence-corrected chi connectivity index (χ4v) is 3.63. The summed E-state index contributed by atoms with van der Waals surface area (Å²) in [4.78, 5) is 13.0. The van der Waals surface area contributed by atoms with Crippen LogP contribution in [0.3, 0.4) is 0 Å². The van der Waals surface area contributed by atoms with Crippen LogP contribution >= 0.6 is 0 Å². The quantitative estimate of drug-likeness (QED) is 0.824. The lowest BCUT2D eigenvalue weighted by Crippen LogP contribution is -2.26. The van der Waals surface area contributed by atoms with Gasteiger partial charge in [-0.15, -0.1) is 0 Å². The zero-order valence-electron chi connectivity index (χ0n) is 14.0. The standard InChI is InChI=1S/C21H25NO/c1-15-12-13-19(14-16(15)2)22-21(23)20(18-10-6-7-11-18)17-8-4-3-5-9-17/h3-5,8-9,12-14,18,20H,6-7,10-11H2,1-2H3,(H,22,23)/t20-/m1/s1. The van der Waals surface area contributed by atoms with E-state index in [0.717, 1.165) is 24.1 Å². The van der Waals surface area contributed by atoms with E-state index in [2.05, 4.69) is 43.4 Å². The number of amides is 1. The summed E-state index contributed by atoms with van der Waals surface area (Å²) in [5, 5.41) is 3.15. The zero-order chi connectivity index (χ0) is 16.2. The number of carbonyl (C=O) groups is 1. The minimum Gasteiger partial charge on any atom is -0.326 e. The van der Waals surface area contributed by atoms with Gasteiger partial charge in [0, 0.05) is 5.69 Å². The highest BCUT2D eigenvalue weighted by atomic mass is 16.1. The molecule has 0 heterocycles. The van der Waals surface area contributed by atoms with E-state index < -0.39 is 0 Å². The van der Waals surface area contributed by atoms with Crippen molar-refractivity contribution < 1.29 is 4.79 Å². The second-order valence-electron chi connectivity index (χ2n) is 6.72. The molecule has 1 fully saturated rings. The van der Waals surface area contributed by atoms with Crippen LogP contribution in [-0.4, -0.2) is 5.91 Å². The van der Waals surface area contributed by atoms with Crippen LogP contribution in [0.2, 0.25) is 0 Å². The molecule has 1 aliphatic carbocycles. The smallest absolute Gasteiger partial charge is 0.232 e. The molecule has 0 spiro atoms. The number of anilines is 1. The SMILES string of the molecule is Cc1ccc(NC(=O)[C@H](c2ccccc2)C2CCCC2)cc1C. The minimum atomic E-state index is -0.0414. The number of carbonyl (C=O) groups excluding carboxylic acids is 1. The Balaban J connectivity index is 1.83. The molecule has 1 aliphatic rings. The van der Waals surface area contributed by atoms with Crippen LogP contribution in [0, 0.1) is 19.8 Å². The third kappa shape index (κ3) is 3.64. The average Bonchev–Trinajstić information content (AvgIpc) is 3.06. The highest BCUT2D eigenvalue weighted by Gasteiger charge is 2.31. The summed E-state index contributed by atoms with van der Waals surface area (Å²) in [6.07, 6.45) is 4.79. The zero-order valence-corrected chi connectivity index (χ0v) is 14.0. The van der Waals surface area contributed by atoms with Crippen molar-refractivity contribution in [2.75, 3.05) is 5.32 Å². The number of hydrogen-bond donors (Lipinski definition) is 1. The second-order valence-corrected chi connectivity index (χ2v) is 6.72. The molecular formula is C21H25NO. The van der Waals surface area contributed by atoms with Crippen molar-refractivity contribution in [3.63, 3.8) is 0 Å². The maximum Gasteiger partial charge on any atom is 0.232 e. The Morgan fingerprint density at radius 1 is 1.00 bits per heavy atom. The number of rotatable bonds is 4. The van der Waals surface area contributed by atoms with E-state index in [9.17, 15) is 4.79 Å². The van der Waals surface area contributed by atoms with Crippen molar-refractivity contribution in [2.45, 2.75) is 45.4 Å². The van der Waals surface area contributed by atoms with Crippen molar-refractivity contribution in [1.82, 2.24) is 0 Å². The van der Waals surface area contributed by atoms with Crippen LogP contribution < -0.4 is 5.32 Å². The molecule has 0 unspecified atom stereocenters. The summed E-state index contributed by atoms with van der Waals surface area (Å²) in [6, 6.07) is 16.4. The van der Waals surface area contributed by atoms with E-state index in [-0.39, 0.29) is 11.8 Å². The van der Waals surface area contributed by atoms with Gasteiger partial charge in [-0.25, -0.2) is 0 Å². The topological polar surface area (TPSA) is 29.1 Å². The number of nitrogens with one attached hydrogen (secondary N) is 1. The molecule has 1 saturated carbocycles. The molecule has 2 heteroatoms. The predicted octanol–water partition coefficient (Wildman–Crippen LogP) is 5.22. The lowest BCUT2D eigenvalue weighted by atomic mass is 9.84. The first-order chi connectivity index (χ1) is 11.1. The molecule has 1 N–H and O–H groups in total. The second kappa shape index (κ2) is 6.99. The van der Waals surface area contributed by atoms with E-state index in [1.807, 2.05) is 24.3 Å². The van der Waals surface area contributed by atoms with Crippen molar-refractivity contribution in [3.05, 3.63) is 65.2 Å². The van der Waals surface area contributed by atoms with Crippen LogP contribution in [-0.2, 0) is 4.79 Å². The predicted molar refractivity (Wildman–Crippen MR) is 95.7 cm³/mol. The van der Waals surface area contributed by atoms with Gasteiger partial charge in [0.05, 0.1) is 5.92 Å². The minimum absolute atomic E-state index is 0.0414. The summed E-state index contributed by atoms with van der Waals surface area (Å²) < 4.78 is 0. The summed E-state index contributed by atoms with van der Waals surface area (Å²) in [7, 11) is 0. The van der Waals surface area contributed by atoms with E-state index in [1.165, 1.54) is 24.0 Å². The molecule has 23 heavy (non-hydrogen) atoms. The fraction of sp³-hybridized carbons (Fsp3) is 0.381. The Morgan fingerprint density at radius 2 is 1.70 bits per heavy atom. The first kappa shape index (κ1) is 15.8. The van der Waals surface area contributed by atoms with Gasteiger partial charge in [-0.05, 0) is 61.4 Å². The van der Waals surface area contributed by atoms with Gasteiger partial charge in [-0.3, -0.25) is 4.79 Å². The number of aryl methyl sites for hydroxylation is 2. The molecular weight excluding hydrogens is 282 g/mol. The van der Waals surface area contributed by atoms with Gasteiger partial charge >= 0.3 is 0 Å². The summed E-state index contributed by atoms with van der Waals surface area (Å²) in [5.41, 5.74) is 4.50. The van der Waals surface area contributed by atoms with E-state index in [1.54, 1.807) is 0 Å². The lowest BCUT2D eigenvalue weighted by Gasteiger charge is -2.23. The van der Waals surface area contributed by atoms with Crippen LogP contribution in [0.5, 0.6) is 0 Å². The molecule has 1 amide bonds. The van der Waals surface area contributed by atoms with E-state index in [0.29, 0.717) is 5.92 Å². The molecule has 2 aromatic rings. The maximum atomic E-state index is 13.0. The highest BCUT2D eigenvalue weighted by molar-refractivity contribution is 5.96. The van der Waals surface area contributed by atoms with Gasteiger partial charge in [0.15, 0.2) is 0 Å². The third-order valence-electron chi connectivity index (χ3n) is 5.09. The molecule has 120 valence electrons. The molecule has 2 aromatic carbocycles. The van der Waals surface area contributed by atoms with Crippen molar-refractivity contribution in [3.8, 4) is 0 Å². The molecule has 0 aliphatic heterocycles. The number of benzene rings is 2. The lowest BCUT2D eigenvalue weighted by molar-refractivity contribution is -0.118. The highest BCUT2D eigenvalue weighted by Crippen LogP contribution is 2.38. The van der Waals surface area contributed by atoms with E-state index in [4.69, 9.17) is 0 Å². The molecule has 0 radical (unpaired) electrons. The van der Waals surface area contributed by atoms with Gasteiger partial charge in [0.25, 0.3) is 0 Å². The van der Waals surface area contributed by atoms with E-state index >= 15 is 0 Å². The monoisotopic (exact) mass is 307 g/mol. The van der Waals surface area contributed by atoms with Crippen molar-refractivity contribution in [2.24, 2.45) is 5.92 Å². The van der Waals surface area contributed by atoms with Gasteiger partial charge in [-0.1, -0.05) is 49.2 Å². The Morgan fingerprint density at radius 3 is 2.35 bits per heavy atom. The van der Waals surface area contributed by atoms with Gasteiger partial charge < -0.3 is 5.32 Å². The Kier molecular flexibility index (Phi) is 4.80. The van der Waals surface area contributed by atoms with Crippen molar-refractivity contribution >= 4 is 11.6 Å². The summed E-state index contributed by atoms with van der Waals surface area (Å²) >= 11 is 0. The molecule has 0 bridgehead atoms. The Bertz CT molecular complexity index is 671. The normalized spacial score (nSPS) is 16.3. The first-order valence-corrected chi connectivity index (χ1v) is 8.58. The first-order valence-electron chi connectivity index (χ1n) is 8.58. The largest absolute Gasteiger partial charge is 0.326 e. The Hall–Kier alpha value is -2.09. The molecule has 1 atom stereocenters. The Labute approximate surface area is 138 Å². The average molecular weight is 307 g/mol. The fourth-order valence-electron chi connectivity index (χ4n) is 3.63. The van der Waals surface area contributed by atoms with Crippen molar-refractivity contribution in [1.29, 1.82) is 0 Å². The molecule has 0 aromatic heterocycles. The third-order valence-corrected chi connectivity index (χ3v) is 5.09. The van der Waals surface area contributed by atoms with Gasteiger partial charge in [-0.2, -0.15) is 0 Å². The summed E-state index contributed by atoms with van der Waals surface area (Å²) in [6.45, 7) is 4.17. The van der Waals surface area contributed by atoms with Crippen LogP contribution in [0.4, 0.5) is 5.69 Å². The molecule has 0 saturated heterocycles. The maximum absolute atomic E-state index is 13.0. The number of hydrogen-bond acceptors (Lipinski definition) is 1. The van der Waals surface area contributed by atoms with Crippen LogP contribution in [0.1, 0.15) is 48.3 Å². The van der Waals surface area contributed by atoms with Crippen LogP contribution in [0.25, 0.3) is 0 Å². The molecule has 3 rings (SSSR count). The van der Waals surface area contributed by atoms with Gasteiger partial charge in [0.2, 0.25) is 5.91 Å². The van der Waals surface area contributed by atoms with Crippen LogP contribution in [0.15, 0.2) is 48.5 Å². The summed E-state index contributed by atoms with van der Waals surface area (Å²) in [5.74, 6) is 0.551.